The first kappa shape index (κ1) is 14.2. The average molecular weight is 366 g/mol. The minimum absolute atomic E-state index is 0.183. The van der Waals surface area contributed by atoms with Gasteiger partial charge >= 0.3 is 0 Å². The fourth-order valence-electron chi connectivity index (χ4n) is 2.09. The predicted molar refractivity (Wildman–Crippen MR) is 85.4 cm³/mol. The van der Waals surface area contributed by atoms with Gasteiger partial charge in [-0.1, -0.05) is 27.5 Å². The van der Waals surface area contributed by atoms with E-state index in [4.69, 9.17) is 20.8 Å². The van der Waals surface area contributed by atoms with E-state index in [2.05, 4.69) is 15.9 Å². The van der Waals surface area contributed by atoms with Crippen molar-refractivity contribution in [3.8, 4) is 5.75 Å². The zero-order chi connectivity index (χ0) is 15.0. The first-order valence-electron chi connectivity index (χ1n) is 6.16. The number of hydrogen-bond donors (Lipinski definition) is 0. The van der Waals surface area contributed by atoms with Crippen molar-refractivity contribution < 1.29 is 13.9 Å². The summed E-state index contributed by atoms with van der Waals surface area (Å²) in [6, 6.07) is 12.2. The lowest BCUT2D eigenvalue weighted by Crippen LogP contribution is -1.98. The topological polar surface area (TPSA) is 39.4 Å². The highest BCUT2D eigenvalue weighted by molar-refractivity contribution is 9.10. The standard InChI is InChI=1S/C16H10BrClO3/c1-20-14-8-12(18)6-10-7-13(21-16(10)14)15(19)9-2-4-11(17)5-3-9/h2-8H,1H3. The fourth-order valence-corrected chi connectivity index (χ4v) is 2.57. The molecule has 0 aliphatic heterocycles. The van der Waals surface area contributed by atoms with Gasteiger partial charge in [0, 0.05) is 26.5 Å². The number of benzene rings is 2. The number of rotatable bonds is 3. The van der Waals surface area contributed by atoms with Crippen LogP contribution in [0.2, 0.25) is 5.02 Å². The van der Waals surface area contributed by atoms with E-state index in [9.17, 15) is 4.79 Å². The molecular weight excluding hydrogens is 356 g/mol. The van der Waals surface area contributed by atoms with E-state index in [1.807, 2.05) is 12.1 Å². The summed E-state index contributed by atoms with van der Waals surface area (Å²) in [6.45, 7) is 0. The van der Waals surface area contributed by atoms with Gasteiger partial charge in [-0.2, -0.15) is 0 Å². The minimum Gasteiger partial charge on any atom is -0.493 e. The molecule has 0 saturated heterocycles. The van der Waals surface area contributed by atoms with Crippen LogP contribution in [0, 0.1) is 0 Å². The average Bonchev–Trinajstić information content (AvgIpc) is 2.90. The molecule has 0 unspecified atom stereocenters. The molecule has 0 amide bonds. The molecule has 0 N–H and O–H groups in total. The maximum Gasteiger partial charge on any atom is 0.228 e. The molecule has 3 rings (SSSR count). The molecule has 0 atom stereocenters. The third-order valence-electron chi connectivity index (χ3n) is 3.10. The highest BCUT2D eigenvalue weighted by Crippen LogP contribution is 2.33. The van der Waals surface area contributed by atoms with E-state index in [1.165, 1.54) is 7.11 Å². The molecule has 0 radical (unpaired) electrons. The zero-order valence-electron chi connectivity index (χ0n) is 11.0. The van der Waals surface area contributed by atoms with Crippen LogP contribution in [-0.2, 0) is 0 Å². The van der Waals surface area contributed by atoms with Crippen molar-refractivity contribution in [1.29, 1.82) is 0 Å². The van der Waals surface area contributed by atoms with Crippen LogP contribution in [0.1, 0.15) is 16.1 Å². The summed E-state index contributed by atoms with van der Waals surface area (Å²) in [5.74, 6) is 0.581. The van der Waals surface area contributed by atoms with Gasteiger partial charge in [0.2, 0.25) is 5.78 Å². The van der Waals surface area contributed by atoms with E-state index >= 15 is 0 Å². The molecule has 106 valence electrons. The Labute approximate surface area is 134 Å². The van der Waals surface area contributed by atoms with Crippen LogP contribution in [0.25, 0.3) is 11.0 Å². The van der Waals surface area contributed by atoms with Gasteiger partial charge in [0.05, 0.1) is 7.11 Å². The molecule has 0 aliphatic carbocycles. The summed E-state index contributed by atoms with van der Waals surface area (Å²) in [5, 5.41) is 1.27. The molecule has 1 heterocycles. The summed E-state index contributed by atoms with van der Waals surface area (Å²) in [5.41, 5.74) is 1.07. The predicted octanol–water partition coefficient (Wildman–Crippen LogP) is 5.09. The van der Waals surface area contributed by atoms with Gasteiger partial charge in [-0.05, 0) is 36.4 Å². The number of hydrogen-bond acceptors (Lipinski definition) is 3. The Morgan fingerprint density at radius 2 is 1.90 bits per heavy atom. The molecule has 0 saturated carbocycles. The minimum atomic E-state index is -0.183. The van der Waals surface area contributed by atoms with Gasteiger partial charge in [-0.25, -0.2) is 0 Å². The van der Waals surface area contributed by atoms with E-state index in [-0.39, 0.29) is 11.5 Å². The molecule has 3 aromatic rings. The second kappa shape index (κ2) is 5.54. The number of fused-ring (bicyclic) bond motifs is 1. The molecule has 0 aliphatic rings. The van der Waals surface area contributed by atoms with Crippen LogP contribution in [0.15, 0.2) is 51.4 Å². The third-order valence-corrected chi connectivity index (χ3v) is 3.84. The van der Waals surface area contributed by atoms with Crippen LogP contribution < -0.4 is 4.74 Å². The molecule has 0 spiro atoms. The van der Waals surface area contributed by atoms with Crippen molar-refractivity contribution in [1.82, 2.24) is 0 Å². The van der Waals surface area contributed by atoms with E-state index in [1.54, 1.807) is 30.3 Å². The van der Waals surface area contributed by atoms with Crippen molar-refractivity contribution in [2.24, 2.45) is 0 Å². The first-order chi connectivity index (χ1) is 10.1. The lowest BCUT2D eigenvalue weighted by atomic mass is 10.1. The Morgan fingerprint density at radius 3 is 2.57 bits per heavy atom. The van der Waals surface area contributed by atoms with E-state index in [0.717, 1.165) is 9.86 Å². The molecule has 21 heavy (non-hydrogen) atoms. The Kier molecular flexibility index (Phi) is 3.74. The maximum atomic E-state index is 12.4. The second-order valence-corrected chi connectivity index (χ2v) is 5.83. The Morgan fingerprint density at radius 1 is 1.19 bits per heavy atom. The van der Waals surface area contributed by atoms with Gasteiger partial charge in [-0.15, -0.1) is 0 Å². The largest absolute Gasteiger partial charge is 0.493 e. The maximum absolute atomic E-state index is 12.4. The Bertz CT molecular complexity index is 821. The fraction of sp³-hybridized carbons (Fsp3) is 0.0625. The Hall–Kier alpha value is -1.78. The normalized spacial score (nSPS) is 10.8. The number of furan rings is 1. The number of halogens is 2. The lowest BCUT2D eigenvalue weighted by Gasteiger charge is -2.00. The summed E-state index contributed by atoms with van der Waals surface area (Å²) in [4.78, 5) is 12.4. The van der Waals surface area contributed by atoms with Crippen LogP contribution in [-0.4, -0.2) is 12.9 Å². The molecule has 0 bridgehead atoms. The summed E-state index contributed by atoms with van der Waals surface area (Å²) >= 11 is 9.35. The van der Waals surface area contributed by atoms with Gasteiger partial charge in [0.15, 0.2) is 17.1 Å². The van der Waals surface area contributed by atoms with Gasteiger partial charge in [0.1, 0.15) is 0 Å². The molecular formula is C16H10BrClO3. The summed E-state index contributed by atoms with van der Waals surface area (Å²) in [7, 11) is 1.53. The second-order valence-electron chi connectivity index (χ2n) is 4.47. The number of ether oxygens (including phenoxy) is 1. The van der Waals surface area contributed by atoms with Gasteiger partial charge < -0.3 is 9.15 Å². The SMILES string of the molecule is COc1cc(Cl)cc2cc(C(=O)c3ccc(Br)cc3)oc12. The third kappa shape index (κ3) is 2.69. The van der Waals surface area contributed by atoms with Crippen LogP contribution in [0.3, 0.4) is 0 Å². The molecule has 0 fully saturated rings. The summed E-state index contributed by atoms with van der Waals surface area (Å²) in [6.07, 6.45) is 0. The zero-order valence-corrected chi connectivity index (χ0v) is 13.4. The van der Waals surface area contributed by atoms with Crippen molar-refractivity contribution >= 4 is 44.3 Å². The smallest absolute Gasteiger partial charge is 0.228 e. The van der Waals surface area contributed by atoms with Crippen LogP contribution >= 0.6 is 27.5 Å². The Balaban J connectivity index is 2.08. The van der Waals surface area contributed by atoms with Crippen molar-refractivity contribution in [2.75, 3.05) is 7.11 Å². The van der Waals surface area contributed by atoms with Crippen molar-refractivity contribution in [2.45, 2.75) is 0 Å². The number of ketones is 1. The number of methoxy groups -OCH3 is 1. The molecule has 5 heteroatoms. The monoisotopic (exact) mass is 364 g/mol. The first-order valence-corrected chi connectivity index (χ1v) is 7.33. The molecule has 2 aromatic carbocycles. The number of carbonyl (C=O) groups is 1. The summed E-state index contributed by atoms with van der Waals surface area (Å²) < 4.78 is 11.8. The van der Waals surface area contributed by atoms with Crippen LogP contribution in [0.4, 0.5) is 0 Å². The van der Waals surface area contributed by atoms with Crippen molar-refractivity contribution in [3.63, 3.8) is 0 Å². The van der Waals surface area contributed by atoms with E-state index < -0.39 is 0 Å². The van der Waals surface area contributed by atoms with Crippen molar-refractivity contribution in [3.05, 3.63) is 63.3 Å². The van der Waals surface area contributed by atoms with E-state index in [0.29, 0.717) is 21.9 Å². The quantitative estimate of drug-likeness (QED) is 0.607. The van der Waals surface area contributed by atoms with Crippen LogP contribution in [0.5, 0.6) is 5.75 Å². The number of carbonyl (C=O) groups excluding carboxylic acids is 1. The lowest BCUT2D eigenvalue weighted by molar-refractivity contribution is 0.101. The molecule has 1 aromatic heterocycles. The molecule has 3 nitrogen and oxygen atoms in total. The van der Waals surface area contributed by atoms with Gasteiger partial charge in [0.25, 0.3) is 0 Å². The highest BCUT2D eigenvalue weighted by Gasteiger charge is 2.17. The van der Waals surface area contributed by atoms with Gasteiger partial charge in [-0.3, -0.25) is 4.79 Å². The highest BCUT2D eigenvalue weighted by atomic mass is 79.9.